The molecule has 2 N–H and O–H groups in total. The average Bonchev–Trinajstić information content (AvgIpc) is 2.03. The molecule has 1 aromatic rings. The Bertz CT molecular complexity index is 335. The second-order valence-electron chi connectivity index (χ2n) is 4.23. The summed E-state index contributed by atoms with van der Waals surface area (Å²) in [7, 11) is 0. The lowest BCUT2D eigenvalue weighted by molar-refractivity contribution is -0.160. The molecule has 0 bridgehead atoms. The van der Waals surface area contributed by atoms with Crippen molar-refractivity contribution in [3.8, 4) is 0 Å². The van der Waals surface area contributed by atoms with E-state index in [1.54, 1.807) is 0 Å². The molecule has 2 fully saturated rings. The third-order valence-electron chi connectivity index (χ3n) is 3.18. The van der Waals surface area contributed by atoms with E-state index >= 15 is 0 Å². The topological polar surface area (TPSA) is 38.5 Å². The van der Waals surface area contributed by atoms with Crippen LogP contribution in [0.5, 0.6) is 0 Å². The van der Waals surface area contributed by atoms with Crippen LogP contribution in [0.15, 0.2) is 24.3 Å². The monoisotopic (exact) mass is 190 g/mol. The minimum absolute atomic E-state index is 0.210. The molecular weight excluding hydrogens is 176 g/mol. The zero-order valence-electron chi connectivity index (χ0n) is 8.07. The van der Waals surface area contributed by atoms with Gasteiger partial charge in [-0.05, 0) is 24.3 Å². The summed E-state index contributed by atoms with van der Waals surface area (Å²) in [6.45, 7) is 3.02. The number of rotatable bonds is 1. The minimum Gasteiger partial charge on any atom is -0.399 e. The van der Waals surface area contributed by atoms with Crippen LogP contribution >= 0.6 is 0 Å². The van der Waals surface area contributed by atoms with E-state index in [2.05, 4.69) is 17.0 Å². The molecule has 0 saturated carbocycles. The normalized spacial score (nSPS) is 23.0. The summed E-state index contributed by atoms with van der Waals surface area (Å²) in [5, 5.41) is 0. The van der Waals surface area contributed by atoms with Crippen LogP contribution < -0.4 is 10.6 Å². The summed E-state index contributed by atoms with van der Waals surface area (Å²) in [6, 6.07) is 8.03. The fourth-order valence-corrected chi connectivity index (χ4v) is 2.16. The Morgan fingerprint density at radius 3 is 2.36 bits per heavy atom. The predicted octanol–water partition coefficient (Wildman–Crippen LogP) is 1.25. The molecule has 74 valence electrons. The van der Waals surface area contributed by atoms with Gasteiger partial charge < -0.3 is 15.4 Å². The lowest BCUT2D eigenvalue weighted by Gasteiger charge is -2.56. The molecule has 1 spiro atoms. The molecule has 1 aromatic carbocycles. The molecule has 14 heavy (non-hydrogen) atoms. The molecule has 2 aliphatic rings. The smallest absolute Gasteiger partial charge is 0.105 e. The van der Waals surface area contributed by atoms with Gasteiger partial charge in [-0.1, -0.05) is 0 Å². The summed E-state index contributed by atoms with van der Waals surface area (Å²) < 4.78 is 5.56. The Morgan fingerprint density at radius 1 is 1.21 bits per heavy atom. The van der Waals surface area contributed by atoms with Crippen molar-refractivity contribution in [2.75, 3.05) is 30.3 Å². The van der Waals surface area contributed by atoms with Crippen LogP contribution in [0.1, 0.15) is 6.42 Å². The molecule has 2 saturated heterocycles. The summed E-state index contributed by atoms with van der Waals surface area (Å²) >= 11 is 0. The van der Waals surface area contributed by atoms with Crippen LogP contribution in [0.3, 0.4) is 0 Å². The van der Waals surface area contributed by atoms with Gasteiger partial charge in [-0.15, -0.1) is 0 Å². The van der Waals surface area contributed by atoms with Crippen LogP contribution in [-0.4, -0.2) is 25.3 Å². The highest BCUT2D eigenvalue weighted by atomic mass is 16.5. The molecule has 2 heterocycles. The molecule has 2 aliphatic heterocycles. The number of anilines is 2. The Hall–Kier alpha value is -1.22. The maximum atomic E-state index is 5.63. The second kappa shape index (κ2) is 2.64. The number of hydrogen-bond acceptors (Lipinski definition) is 3. The molecular formula is C11H14N2O. The van der Waals surface area contributed by atoms with Crippen molar-refractivity contribution in [2.24, 2.45) is 0 Å². The number of nitrogen functional groups attached to an aromatic ring is 1. The molecule has 3 nitrogen and oxygen atoms in total. The predicted molar refractivity (Wildman–Crippen MR) is 56.4 cm³/mol. The van der Waals surface area contributed by atoms with E-state index in [-0.39, 0.29) is 5.60 Å². The summed E-state index contributed by atoms with van der Waals surface area (Å²) in [5.41, 5.74) is 7.92. The van der Waals surface area contributed by atoms with Crippen LogP contribution in [0.4, 0.5) is 11.4 Å². The van der Waals surface area contributed by atoms with Crippen molar-refractivity contribution in [3.05, 3.63) is 24.3 Å². The highest BCUT2D eigenvalue weighted by Gasteiger charge is 2.49. The molecule has 0 aliphatic carbocycles. The van der Waals surface area contributed by atoms with Crippen molar-refractivity contribution >= 4 is 11.4 Å². The standard InChI is InChI=1S/C11H14N2O/c12-9-1-3-10(4-2-9)13-7-11(8-13)5-6-14-11/h1-4H,5-8,12H2. The quantitative estimate of drug-likeness (QED) is 0.677. The van der Waals surface area contributed by atoms with Gasteiger partial charge in [0.05, 0.1) is 6.61 Å². The van der Waals surface area contributed by atoms with E-state index in [0.29, 0.717) is 0 Å². The summed E-state index contributed by atoms with van der Waals surface area (Å²) in [4.78, 5) is 2.33. The number of ether oxygens (including phenoxy) is 1. The van der Waals surface area contributed by atoms with Gasteiger partial charge in [0.15, 0.2) is 0 Å². The van der Waals surface area contributed by atoms with Crippen molar-refractivity contribution in [2.45, 2.75) is 12.0 Å². The number of benzene rings is 1. The van der Waals surface area contributed by atoms with E-state index < -0.39 is 0 Å². The highest BCUT2D eigenvalue weighted by Crippen LogP contribution is 2.38. The van der Waals surface area contributed by atoms with Gasteiger partial charge in [-0.25, -0.2) is 0 Å². The van der Waals surface area contributed by atoms with Crippen LogP contribution in [0.2, 0.25) is 0 Å². The Balaban J connectivity index is 1.70. The van der Waals surface area contributed by atoms with Crippen LogP contribution in [0.25, 0.3) is 0 Å². The van der Waals surface area contributed by atoms with Crippen LogP contribution in [0, 0.1) is 0 Å². The molecule has 0 atom stereocenters. The summed E-state index contributed by atoms with van der Waals surface area (Å²) in [6.07, 6.45) is 1.22. The minimum atomic E-state index is 0.210. The maximum Gasteiger partial charge on any atom is 0.105 e. The lowest BCUT2D eigenvalue weighted by Crippen LogP contribution is -2.68. The van der Waals surface area contributed by atoms with Gasteiger partial charge in [-0.3, -0.25) is 0 Å². The van der Waals surface area contributed by atoms with Gasteiger partial charge >= 0.3 is 0 Å². The molecule has 0 amide bonds. The molecule has 0 unspecified atom stereocenters. The van der Waals surface area contributed by atoms with Crippen molar-refractivity contribution in [1.29, 1.82) is 0 Å². The van der Waals surface area contributed by atoms with Gasteiger partial charge in [0.2, 0.25) is 0 Å². The SMILES string of the molecule is Nc1ccc(N2CC3(CCO3)C2)cc1. The zero-order valence-corrected chi connectivity index (χ0v) is 8.07. The number of hydrogen-bond donors (Lipinski definition) is 1. The first kappa shape index (κ1) is 8.12. The molecule has 3 heteroatoms. The molecule has 3 rings (SSSR count). The maximum absolute atomic E-state index is 5.63. The van der Waals surface area contributed by atoms with Crippen molar-refractivity contribution in [3.63, 3.8) is 0 Å². The fraction of sp³-hybridized carbons (Fsp3) is 0.455. The van der Waals surface area contributed by atoms with E-state index in [0.717, 1.165) is 25.4 Å². The van der Waals surface area contributed by atoms with Gasteiger partial charge in [-0.2, -0.15) is 0 Å². The van der Waals surface area contributed by atoms with E-state index in [1.165, 1.54) is 12.1 Å². The Labute approximate surface area is 83.5 Å². The second-order valence-corrected chi connectivity index (χ2v) is 4.23. The average molecular weight is 190 g/mol. The number of nitrogens with zero attached hydrogens (tertiary/aromatic N) is 1. The summed E-state index contributed by atoms with van der Waals surface area (Å²) in [5.74, 6) is 0. The van der Waals surface area contributed by atoms with Gasteiger partial charge in [0.25, 0.3) is 0 Å². The third-order valence-corrected chi connectivity index (χ3v) is 3.18. The largest absolute Gasteiger partial charge is 0.399 e. The van der Waals surface area contributed by atoms with E-state index in [9.17, 15) is 0 Å². The first-order valence-electron chi connectivity index (χ1n) is 5.02. The van der Waals surface area contributed by atoms with Crippen molar-refractivity contribution < 1.29 is 4.74 Å². The van der Waals surface area contributed by atoms with Gasteiger partial charge in [0.1, 0.15) is 5.60 Å². The van der Waals surface area contributed by atoms with E-state index in [1.807, 2.05) is 12.1 Å². The van der Waals surface area contributed by atoms with Crippen LogP contribution in [-0.2, 0) is 4.74 Å². The first-order chi connectivity index (χ1) is 6.77. The highest BCUT2D eigenvalue weighted by molar-refractivity contribution is 5.55. The Morgan fingerprint density at radius 2 is 1.86 bits per heavy atom. The Kier molecular flexibility index (Phi) is 1.53. The molecule has 0 radical (unpaired) electrons. The zero-order chi connectivity index (χ0) is 9.60. The number of nitrogens with two attached hydrogens (primary N) is 1. The first-order valence-corrected chi connectivity index (χ1v) is 5.02. The lowest BCUT2D eigenvalue weighted by atomic mass is 9.86. The molecule has 0 aromatic heterocycles. The van der Waals surface area contributed by atoms with Crippen molar-refractivity contribution in [1.82, 2.24) is 0 Å². The van der Waals surface area contributed by atoms with Gasteiger partial charge in [0, 0.05) is 30.9 Å². The van der Waals surface area contributed by atoms with E-state index in [4.69, 9.17) is 10.5 Å². The third kappa shape index (κ3) is 1.09. The fourth-order valence-electron chi connectivity index (χ4n) is 2.16.